The largest absolute Gasteiger partial charge is 0.513 e. The van der Waals surface area contributed by atoms with Crippen molar-refractivity contribution in [2.75, 3.05) is 26.3 Å². The lowest BCUT2D eigenvalue weighted by atomic mass is 10.0. The molecule has 0 saturated carbocycles. The Morgan fingerprint density at radius 2 is 1.66 bits per heavy atom. The van der Waals surface area contributed by atoms with Gasteiger partial charge < -0.3 is 24.4 Å². The van der Waals surface area contributed by atoms with Gasteiger partial charge >= 0.3 is 6.16 Å². The molecule has 0 radical (unpaired) electrons. The molecule has 32 heavy (non-hydrogen) atoms. The van der Waals surface area contributed by atoms with Gasteiger partial charge in [-0.15, -0.1) is 0 Å². The molecule has 1 aliphatic heterocycles. The number of likely N-dealkylation sites (tertiary alicyclic amines) is 1. The number of nitrogens with zero attached hydrogens (tertiary/aromatic N) is 1. The molecule has 3 rings (SSSR count). The van der Waals surface area contributed by atoms with Crippen molar-refractivity contribution in [2.45, 2.75) is 32.2 Å². The molecule has 8 nitrogen and oxygen atoms in total. The molecule has 170 valence electrons. The van der Waals surface area contributed by atoms with Crippen LogP contribution < -0.4 is 14.8 Å². The van der Waals surface area contributed by atoms with Crippen molar-refractivity contribution in [3.63, 3.8) is 0 Å². The second-order valence-corrected chi connectivity index (χ2v) is 7.35. The van der Waals surface area contributed by atoms with E-state index in [0.717, 1.165) is 5.75 Å². The van der Waals surface area contributed by atoms with Crippen molar-refractivity contribution >= 4 is 18.0 Å². The van der Waals surface area contributed by atoms with Gasteiger partial charge in [-0.1, -0.05) is 18.2 Å². The summed E-state index contributed by atoms with van der Waals surface area (Å²) >= 11 is 0. The SMILES string of the molecule is CCOC(=O)Oc1ccc(C(=O)NC2CCN(C(=O)CCOc3ccccc3)CC2)cc1. The van der Waals surface area contributed by atoms with Crippen LogP contribution in [0, 0.1) is 0 Å². The summed E-state index contributed by atoms with van der Waals surface area (Å²) in [6.07, 6.45) is 0.937. The maximum Gasteiger partial charge on any atom is 0.513 e. The molecule has 1 aliphatic rings. The minimum atomic E-state index is -0.780. The van der Waals surface area contributed by atoms with Crippen molar-refractivity contribution in [3.8, 4) is 11.5 Å². The van der Waals surface area contributed by atoms with Crippen molar-refractivity contribution in [3.05, 3.63) is 60.2 Å². The molecule has 1 heterocycles. The summed E-state index contributed by atoms with van der Waals surface area (Å²) in [5.74, 6) is 0.918. The Kier molecular flexibility index (Phi) is 8.48. The van der Waals surface area contributed by atoms with Crippen molar-refractivity contribution < 1.29 is 28.6 Å². The van der Waals surface area contributed by atoms with E-state index in [9.17, 15) is 14.4 Å². The quantitative estimate of drug-likeness (QED) is 0.499. The van der Waals surface area contributed by atoms with Gasteiger partial charge in [0.1, 0.15) is 11.5 Å². The zero-order valence-electron chi connectivity index (χ0n) is 18.1. The Hall–Kier alpha value is -3.55. The maximum absolute atomic E-state index is 12.5. The van der Waals surface area contributed by atoms with Gasteiger partial charge in [0.2, 0.25) is 5.91 Å². The lowest BCUT2D eigenvalue weighted by Gasteiger charge is -2.32. The van der Waals surface area contributed by atoms with Gasteiger partial charge in [0.05, 0.1) is 19.6 Å². The molecular formula is C24H28N2O6. The van der Waals surface area contributed by atoms with E-state index in [1.54, 1.807) is 31.2 Å². The number of para-hydroxylation sites is 1. The first-order valence-electron chi connectivity index (χ1n) is 10.8. The fraction of sp³-hybridized carbons (Fsp3) is 0.375. The summed E-state index contributed by atoms with van der Waals surface area (Å²) in [4.78, 5) is 38.1. The molecule has 1 saturated heterocycles. The molecule has 8 heteroatoms. The highest BCUT2D eigenvalue weighted by Crippen LogP contribution is 2.16. The van der Waals surface area contributed by atoms with E-state index in [1.165, 1.54) is 0 Å². The average molecular weight is 440 g/mol. The van der Waals surface area contributed by atoms with Crippen LogP contribution in [0.1, 0.15) is 36.5 Å². The highest BCUT2D eigenvalue weighted by atomic mass is 16.7. The molecule has 0 bridgehead atoms. The fourth-order valence-corrected chi connectivity index (χ4v) is 3.39. The minimum absolute atomic E-state index is 0.00239. The van der Waals surface area contributed by atoms with Crippen molar-refractivity contribution in [1.82, 2.24) is 10.2 Å². The molecular weight excluding hydrogens is 412 g/mol. The number of benzene rings is 2. The normalized spacial score (nSPS) is 13.8. The molecule has 0 aromatic heterocycles. The summed E-state index contributed by atoms with van der Waals surface area (Å²) in [7, 11) is 0. The van der Waals surface area contributed by atoms with Crippen LogP contribution in [0.4, 0.5) is 4.79 Å². The molecule has 0 unspecified atom stereocenters. The summed E-state index contributed by atoms with van der Waals surface area (Å²) in [5.41, 5.74) is 0.470. The number of ether oxygens (including phenoxy) is 3. The zero-order chi connectivity index (χ0) is 22.8. The van der Waals surface area contributed by atoms with E-state index in [4.69, 9.17) is 14.2 Å². The van der Waals surface area contributed by atoms with E-state index in [1.807, 2.05) is 35.2 Å². The highest BCUT2D eigenvalue weighted by molar-refractivity contribution is 5.94. The number of rotatable bonds is 8. The highest BCUT2D eigenvalue weighted by Gasteiger charge is 2.24. The predicted molar refractivity (Wildman–Crippen MR) is 118 cm³/mol. The Morgan fingerprint density at radius 1 is 0.969 bits per heavy atom. The van der Waals surface area contributed by atoms with Gasteiger partial charge in [0.15, 0.2) is 0 Å². The molecule has 1 fully saturated rings. The zero-order valence-corrected chi connectivity index (χ0v) is 18.1. The Balaban J connectivity index is 1.38. The lowest BCUT2D eigenvalue weighted by Crippen LogP contribution is -2.46. The Morgan fingerprint density at radius 3 is 2.31 bits per heavy atom. The number of carbonyl (C=O) groups excluding carboxylic acids is 3. The third-order valence-electron chi connectivity index (χ3n) is 5.09. The van der Waals surface area contributed by atoms with Gasteiger partial charge in [-0.3, -0.25) is 9.59 Å². The number of piperidine rings is 1. The molecule has 0 spiro atoms. The van der Waals surface area contributed by atoms with E-state index in [0.29, 0.717) is 50.3 Å². The monoisotopic (exact) mass is 440 g/mol. The second-order valence-electron chi connectivity index (χ2n) is 7.35. The van der Waals surface area contributed by atoms with Gasteiger partial charge in [-0.25, -0.2) is 4.79 Å². The van der Waals surface area contributed by atoms with Crippen LogP contribution in [0.3, 0.4) is 0 Å². The van der Waals surface area contributed by atoms with Crippen LogP contribution in [-0.4, -0.2) is 55.2 Å². The third kappa shape index (κ3) is 7.01. The molecule has 0 aliphatic carbocycles. The molecule has 2 aromatic rings. The van der Waals surface area contributed by atoms with Crippen LogP contribution in [0.15, 0.2) is 54.6 Å². The first-order valence-corrected chi connectivity index (χ1v) is 10.8. The van der Waals surface area contributed by atoms with Crippen molar-refractivity contribution in [1.29, 1.82) is 0 Å². The number of amides is 2. The second kappa shape index (κ2) is 11.7. The lowest BCUT2D eigenvalue weighted by molar-refractivity contribution is -0.132. The molecule has 1 N–H and O–H groups in total. The molecule has 2 aromatic carbocycles. The number of nitrogens with one attached hydrogen (secondary N) is 1. The van der Waals surface area contributed by atoms with E-state index < -0.39 is 6.16 Å². The topological polar surface area (TPSA) is 94.2 Å². The van der Waals surface area contributed by atoms with E-state index in [-0.39, 0.29) is 24.5 Å². The van der Waals surface area contributed by atoms with Gasteiger partial charge in [-0.05, 0) is 56.2 Å². The van der Waals surface area contributed by atoms with Crippen LogP contribution in [0.2, 0.25) is 0 Å². The predicted octanol–water partition coefficient (Wildman–Crippen LogP) is 3.41. The molecule has 0 atom stereocenters. The summed E-state index contributed by atoms with van der Waals surface area (Å²) in [6, 6.07) is 15.7. The minimum Gasteiger partial charge on any atom is -0.493 e. The van der Waals surface area contributed by atoms with Crippen LogP contribution >= 0.6 is 0 Å². The molecule has 2 amide bonds. The first kappa shape index (κ1) is 23.1. The van der Waals surface area contributed by atoms with Gasteiger partial charge in [0, 0.05) is 24.7 Å². The summed E-state index contributed by atoms with van der Waals surface area (Å²) in [5, 5.41) is 3.01. The number of hydrogen-bond acceptors (Lipinski definition) is 6. The number of carbonyl (C=O) groups is 3. The van der Waals surface area contributed by atoms with Crippen LogP contribution in [-0.2, 0) is 9.53 Å². The fourth-order valence-electron chi connectivity index (χ4n) is 3.39. The van der Waals surface area contributed by atoms with Gasteiger partial charge in [0.25, 0.3) is 5.91 Å². The van der Waals surface area contributed by atoms with E-state index >= 15 is 0 Å². The Labute approximate surface area is 187 Å². The standard InChI is InChI=1S/C24H28N2O6/c1-2-30-24(29)32-21-10-8-18(9-11-21)23(28)25-19-12-15-26(16-13-19)22(27)14-17-31-20-6-4-3-5-7-20/h3-11,19H,2,12-17H2,1H3,(H,25,28). The Bertz CT molecular complexity index is 892. The maximum atomic E-state index is 12.5. The van der Waals surface area contributed by atoms with Crippen molar-refractivity contribution in [2.24, 2.45) is 0 Å². The van der Waals surface area contributed by atoms with E-state index in [2.05, 4.69) is 5.32 Å². The average Bonchev–Trinajstić information content (AvgIpc) is 2.81. The van der Waals surface area contributed by atoms with Gasteiger partial charge in [-0.2, -0.15) is 0 Å². The first-order chi connectivity index (χ1) is 15.5. The smallest absolute Gasteiger partial charge is 0.493 e. The third-order valence-corrected chi connectivity index (χ3v) is 5.09. The summed E-state index contributed by atoms with van der Waals surface area (Å²) < 4.78 is 15.3. The van der Waals surface area contributed by atoms with Crippen LogP contribution in [0.25, 0.3) is 0 Å². The number of hydrogen-bond donors (Lipinski definition) is 1. The summed E-state index contributed by atoms with van der Waals surface area (Å²) in [6.45, 7) is 3.46. The van der Waals surface area contributed by atoms with Crippen LogP contribution in [0.5, 0.6) is 11.5 Å².